The Morgan fingerprint density at radius 1 is 1.60 bits per heavy atom. The van der Waals surface area contributed by atoms with Gasteiger partial charge in [-0.05, 0) is 6.92 Å². The highest BCUT2D eigenvalue weighted by Gasteiger charge is 2.06. The summed E-state index contributed by atoms with van der Waals surface area (Å²) in [7, 11) is 1.31. The highest BCUT2D eigenvalue weighted by atomic mass is 16.5. The number of esters is 1. The third-order valence-corrected chi connectivity index (χ3v) is 1.66. The standard InChI is InChI=1S/C9H14N4O2/c1-6(10)3-11-9-12-4-7(5-13-9)8(14)15-2/h4-6H,3,10H2,1-2H3,(H,11,12,13). The van der Waals surface area contributed by atoms with Crippen LogP contribution in [0.2, 0.25) is 0 Å². The average molecular weight is 210 g/mol. The summed E-state index contributed by atoms with van der Waals surface area (Å²) in [5.41, 5.74) is 5.87. The highest BCUT2D eigenvalue weighted by Crippen LogP contribution is 2.01. The number of nitrogens with one attached hydrogen (secondary N) is 1. The first kappa shape index (κ1) is 11.4. The zero-order chi connectivity index (χ0) is 11.3. The molecule has 15 heavy (non-hydrogen) atoms. The van der Waals surface area contributed by atoms with E-state index in [9.17, 15) is 4.79 Å². The number of rotatable bonds is 4. The normalized spacial score (nSPS) is 11.9. The van der Waals surface area contributed by atoms with E-state index in [1.807, 2.05) is 6.92 Å². The van der Waals surface area contributed by atoms with Crippen LogP contribution in [-0.2, 0) is 4.74 Å². The van der Waals surface area contributed by atoms with Gasteiger partial charge in [0, 0.05) is 25.0 Å². The summed E-state index contributed by atoms with van der Waals surface area (Å²) in [6.07, 6.45) is 2.81. The van der Waals surface area contributed by atoms with Gasteiger partial charge >= 0.3 is 5.97 Å². The third-order valence-electron chi connectivity index (χ3n) is 1.66. The number of methoxy groups -OCH3 is 1. The fraction of sp³-hybridized carbons (Fsp3) is 0.444. The van der Waals surface area contributed by atoms with E-state index >= 15 is 0 Å². The van der Waals surface area contributed by atoms with Crippen LogP contribution in [0.25, 0.3) is 0 Å². The smallest absolute Gasteiger partial charge is 0.341 e. The Labute approximate surface area is 87.9 Å². The fourth-order valence-corrected chi connectivity index (χ4v) is 0.895. The molecule has 0 aliphatic rings. The third kappa shape index (κ3) is 3.51. The van der Waals surface area contributed by atoms with E-state index < -0.39 is 5.97 Å². The molecule has 0 aromatic carbocycles. The molecule has 0 bridgehead atoms. The Morgan fingerprint density at radius 2 is 2.20 bits per heavy atom. The van der Waals surface area contributed by atoms with E-state index in [0.717, 1.165) is 0 Å². The van der Waals surface area contributed by atoms with Crippen molar-refractivity contribution in [2.24, 2.45) is 5.73 Å². The van der Waals surface area contributed by atoms with Crippen LogP contribution in [0, 0.1) is 0 Å². The zero-order valence-corrected chi connectivity index (χ0v) is 8.73. The molecule has 1 atom stereocenters. The first-order chi connectivity index (χ1) is 7.13. The van der Waals surface area contributed by atoms with Gasteiger partial charge in [-0.15, -0.1) is 0 Å². The van der Waals surface area contributed by atoms with Crippen molar-refractivity contribution >= 4 is 11.9 Å². The predicted octanol–water partition coefficient (Wildman–Crippen LogP) is 0.0223. The maximum absolute atomic E-state index is 11.0. The average Bonchev–Trinajstić information content (AvgIpc) is 2.26. The lowest BCUT2D eigenvalue weighted by atomic mass is 10.3. The van der Waals surface area contributed by atoms with Crippen LogP contribution in [0.15, 0.2) is 12.4 Å². The van der Waals surface area contributed by atoms with Crippen molar-refractivity contribution < 1.29 is 9.53 Å². The van der Waals surface area contributed by atoms with Crippen molar-refractivity contribution in [2.75, 3.05) is 19.0 Å². The van der Waals surface area contributed by atoms with Crippen LogP contribution < -0.4 is 11.1 Å². The number of carbonyl (C=O) groups is 1. The van der Waals surface area contributed by atoms with Gasteiger partial charge in [0.25, 0.3) is 0 Å². The second-order valence-electron chi connectivity index (χ2n) is 3.15. The summed E-state index contributed by atoms with van der Waals surface area (Å²) in [6, 6.07) is 0.0221. The van der Waals surface area contributed by atoms with Crippen LogP contribution >= 0.6 is 0 Å². The molecular formula is C9H14N4O2. The number of nitrogens with zero attached hydrogens (tertiary/aromatic N) is 2. The van der Waals surface area contributed by atoms with Gasteiger partial charge in [-0.25, -0.2) is 14.8 Å². The van der Waals surface area contributed by atoms with E-state index in [1.54, 1.807) is 0 Å². The molecule has 0 aliphatic carbocycles. The number of hydrogen-bond acceptors (Lipinski definition) is 6. The molecule has 0 amide bonds. The quantitative estimate of drug-likeness (QED) is 0.681. The SMILES string of the molecule is COC(=O)c1cnc(NCC(C)N)nc1. The van der Waals surface area contributed by atoms with Gasteiger partial charge in [-0.1, -0.05) is 0 Å². The number of ether oxygens (including phenoxy) is 1. The first-order valence-electron chi connectivity index (χ1n) is 4.53. The predicted molar refractivity (Wildman–Crippen MR) is 55.5 cm³/mol. The molecule has 0 radical (unpaired) electrons. The first-order valence-corrected chi connectivity index (χ1v) is 4.53. The molecule has 3 N–H and O–H groups in total. The lowest BCUT2D eigenvalue weighted by molar-refractivity contribution is 0.0600. The van der Waals surface area contributed by atoms with Crippen LogP contribution in [-0.4, -0.2) is 35.6 Å². The second kappa shape index (κ2) is 5.26. The van der Waals surface area contributed by atoms with Gasteiger partial charge < -0.3 is 15.8 Å². The van der Waals surface area contributed by atoms with Crippen LogP contribution in [0.5, 0.6) is 0 Å². The molecule has 1 aromatic rings. The number of hydrogen-bond donors (Lipinski definition) is 2. The summed E-state index contributed by atoms with van der Waals surface area (Å²) in [6.45, 7) is 2.45. The Hall–Kier alpha value is -1.69. The number of aromatic nitrogens is 2. The minimum atomic E-state index is -0.450. The molecule has 0 saturated heterocycles. The molecule has 0 saturated carbocycles. The molecular weight excluding hydrogens is 196 g/mol. The molecule has 6 heteroatoms. The van der Waals surface area contributed by atoms with Gasteiger partial charge in [0.15, 0.2) is 0 Å². The largest absolute Gasteiger partial charge is 0.465 e. The molecule has 1 aromatic heterocycles. The Bertz CT molecular complexity index is 323. The Kier molecular flexibility index (Phi) is 3.99. The molecule has 6 nitrogen and oxygen atoms in total. The lowest BCUT2D eigenvalue weighted by Crippen LogP contribution is -2.25. The summed E-state index contributed by atoms with van der Waals surface area (Å²) < 4.78 is 4.51. The van der Waals surface area contributed by atoms with Crippen LogP contribution in [0.3, 0.4) is 0 Å². The van der Waals surface area contributed by atoms with Gasteiger partial charge in [-0.2, -0.15) is 0 Å². The minimum Gasteiger partial charge on any atom is -0.465 e. The van der Waals surface area contributed by atoms with Crippen molar-refractivity contribution in [3.05, 3.63) is 18.0 Å². The van der Waals surface area contributed by atoms with Gasteiger partial charge in [-0.3, -0.25) is 0 Å². The second-order valence-corrected chi connectivity index (χ2v) is 3.15. The minimum absolute atomic E-state index is 0.0221. The van der Waals surface area contributed by atoms with Crippen LogP contribution in [0.1, 0.15) is 17.3 Å². The van der Waals surface area contributed by atoms with Crippen molar-refractivity contribution in [2.45, 2.75) is 13.0 Å². The molecule has 0 aliphatic heterocycles. The fourth-order valence-electron chi connectivity index (χ4n) is 0.895. The van der Waals surface area contributed by atoms with Crippen molar-refractivity contribution in [1.29, 1.82) is 0 Å². The molecule has 1 rings (SSSR count). The monoisotopic (exact) mass is 210 g/mol. The van der Waals surface area contributed by atoms with Crippen molar-refractivity contribution in [3.8, 4) is 0 Å². The topological polar surface area (TPSA) is 90.1 Å². The van der Waals surface area contributed by atoms with E-state index in [4.69, 9.17) is 5.73 Å². The molecule has 0 fully saturated rings. The van der Waals surface area contributed by atoms with E-state index in [0.29, 0.717) is 18.1 Å². The van der Waals surface area contributed by atoms with Crippen molar-refractivity contribution in [1.82, 2.24) is 9.97 Å². The highest BCUT2D eigenvalue weighted by molar-refractivity contribution is 5.88. The summed E-state index contributed by atoms with van der Waals surface area (Å²) in [5, 5.41) is 2.93. The summed E-state index contributed by atoms with van der Waals surface area (Å²) in [5.74, 6) is -0.00584. The van der Waals surface area contributed by atoms with Crippen molar-refractivity contribution in [3.63, 3.8) is 0 Å². The van der Waals surface area contributed by atoms with E-state index in [1.165, 1.54) is 19.5 Å². The molecule has 82 valence electrons. The number of anilines is 1. The van der Waals surface area contributed by atoms with Gasteiger partial charge in [0.05, 0.1) is 12.7 Å². The van der Waals surface area contributed by atoms with Gasteiger partial charge in [0.2, 0.25) is 5.95 Å². The lowest BCUT2D eigenvalue weighted by Gasteiger charge is -2.06. The maximum Gasteiger partial charge on any atom is 0.341 e. The Morgan fingerprint density at radius 3 is 2.67 bits per heavy atom. The maximum atomic E-state index is 11.0. The number of nitrogens with two attached hydrogens (primary N) is 1. The summed E-state index contributed by atoms with van der Waals surface area (Å²) >= 11 is 0. The van der Waals surface area contributed by atoms with Gasteiger partial charge in [0.1, 0.15) is 0 Å². The van der Waals surface area contributed by atoms with Crippen LogP contribution in [0.4, 0.5) is 5.95 Å². The van der Waals surface area contributed by atoms with E-state index in [2.05, 4.69) is 20.0 Å². The Balaban J connectivity index is 2.60. The summed E-state index contributed by atoms with van der Waals surface area (Å²) in [4.78, 5) is 18.9. The molecule has 1 heterocycles. The zero-order valence-electron chi connectivity index (χ0n) is 8.73. The number of carbonyl (C=O) groups excluding carboxylic acids is 1. The van der Waals surface area contributed by atoms with E-state index in [-0.39, 0.29) is 6.04 Å². The molecule has 1 unspecified atom stereocenters. The molecule has 0 spiro atoms.